The van der Waals surface area contributed by atoms with E-state index in [0.717, 1.165) is 87.0 Å². The van der Waals surface area contributed by atoms with Gasteiger partial charge in [0.05, 0.1) is 30.2 Å². The number of nitrogens with zero attached hydrogens (tertiary/aromatic N) is 12. The lowest BCUT2D eigenvalue weighted by atomic mass is 10.1. The summed E-state index contributed by atoms with van der Waals surface area (Å²) in [6.45, 7) is 21.5. The Bertz CT molecular complexity index is 5450. The van der Waals surface area contributed by atoms with Crippen LogP contribution in [0, 0.1) is 24.3 Å². The average Bonchev–Trinajstić information content (AvgIpc) is 1.71. The molecule has 0 radical (unpaired) electrons. The molecule has 127 heavy (non-hydrogen) atoms. The first-order chi connectivity index (χ1) is 61.3. The molecule has 0 saturated carbocycles. The zero-order chi connectivity index (χ0) is 90.7. The summed E-state index contributed by atoms with van der Waals surface area (Å²) in [5.74, 6) is 3.46. The van der Waals surface area contributed by atoms with Crippen LogP contribution in [0.1, 0.15) is 148 Å². The first-order valence-corrected chi connectivity index (χ1v) is 43.0. The van der Waals surface area contributed by atoms with Crippen molar-refractivity contribution in [2.24, 2.45) is 5.73 Å². The van der Waals surface area contributed by atoms with E-state index in [0.29, 0.717) is 72.3 Å². The summed E-state index contributed by atoms with van der Waals surface area (Å²) in [6, 6.07) is 89.1. The van der Waals surface area contributed by atoms with Crippen molar-refractivity contribution < 1.29 is 38.2 Å². The zero-order valence-corrected chi connectivity index (χ0v) is 75.6. The predicted octanol–water partition coefficient (Wildman–Crippen LogP) is 22.1. The Kier molecular flexibility index (Phi) is 36.2. The third kappa shape index (κ3) is 29.8. The molecule has 3 aromatic heterocycles. The van der Waals surface area contributed by atoms with E-state index in [1.807, 2.05) is 242 Å². The van der Waals surface area contributed by atoms with Crippen LogP contribution in [0.15, 0.2) is 273 Å². The second-order valence-electron chi connectivity index (χ2n) is 29.4. The average molecular weight is 1840 g/mol. The minimum atomic E-state index is -0.437. The van der Waals surface area contributed by atoms with Gasteiger partial charge in [0.1, 0.15) is 37.3 Å². The van der Waals surface area contributed by atoms with Gasteiger partial charge >= 0.3 is 18.3 Å². The van der Waals surface area contributed by atoms with Crippen molar-refractivity contribution >= 4 is 145 Å². The predicted molar refractivity (Wildman–Crippen MR) is 514 cm³/mol. The number of aryl methyl sites for hydroxylation is 3. The molecule has 30 heteroatoms. The maximum Gasteiger partial charge on any atom is 0.417 e. The van der Waals surface area contributed by atoms with E-state index in [2.05, 4.69) is 148 Å². The second-order valence-corrected chi connectivity index (χ2v) is 31.0. The highest BCUT2D eigenvalue weighted by Crippen LogP contribution is 2.30. The maximum atomic E-state index is 12.2. The van der Waals surface area contributed by atoms with Gasteiger partial charge in [-0.2, -0.15) is 39.9 Å². The number of nitrogen functional groups attached to an aromatic ring is 1. The van der Waals surface area contributed by atoms with Gasteiger partial charge < -0.3 is 57.6 Å². The van der Waals surface area contributed by atoms with E-state index in [9.17, 15) is 24.0 Å². The number of carbonyl (C=O) groups is 5. The van der Waals surface area contributed by atoms with E-state index < -0.39 is 18.3 Å². The number of anilines is 14. The number of benzene rings is 10. The number of aromatic nitrogens is 9. The molecule has 0 bridgehead atoms. The quantitative estimate of drug-likeness (QED) is 0.0128. The Morgan fingerprint density at radius 2 is 0.654 bits per heavy atom. The normalized spacial score (nSPS) is 14.6. The molecule has 13 aromatic rings. The van der Waals surface area contributed by atoms with Crippen molar-refractivity contribution in [3.05, 3.63) is 327 Å². The summed E-state index contributed by atoms with van der Waals surface area (Å²) in [5, 5.41) is 20.1. The minimum absolute atomic E-state index is 0.0343. The standard InChI is InChI=1S/2C23H26N6O2.C14H16N2.C14H13NO.C9H11ClN4O2.C8H9NO.C6H5I/c2*1-4-20-14-31-23(30)29(20)22-26-16(3)25-21(28-22)24-15(2)17-10-12-19(13-11-17)27-18-8-6-5-7-9-18;1-11(15)12-7-9-14(10-8-12)16-13-5-3-2-4-6-13;1-11(16)12-7-9-14(10-8-12)15-13-5-3-2-4-6-13;1-3-6-4-16-9(15)14(6)8-12-5(2)11-7(10)13-8;1-6(10)7-2-4-8(9)5-3-7;7-6-4-2-1-3-5-6/h2*5-13,15,20,27H,4,14H2,1-3H3,(H,24,25,26,28);2-11,16H,15H2,1H3;2-10,15H,1H3;6H,3-4H2,1-2H3;2-5H,9H2,1H3;1-5H/t15-,20+;15-,20-;;;6-;;/m10..0../s1. The number of cyclic esters (lactones) is 3. The number of ether oxygens (including phenoxy) is 3. The minimum Gasteiger partial charge on any atom is -0.447 e. The first-order valence-electron chi connectivity index (χ1n) is 41.5. The third-order valence-corrected chi connectivity index (χ3v) is 20.6. The molecule has 3 aliphatic heterocycles. The fourth-order valence-corrected chi connectivity index (χ4v) is 13.3. The maximum absolute atomic E-state index is 12.2. The molecule has 28 nitrogen and oxygen atoms in total. The SMILES string of the molecule is CC(=O)c1ccc(N)cc1.CC(=O)c1ccc(Nc2ccccc2)cc1.CC(N)c1ccc(Nc2ccccc2)cc1.CC[C@H]1COC(=O)N1c1nc(C)nc(Cl)n1.CC[C@H]1COC(=O)N1c1nc(C)nc(N[C@@H](C)c2ccc(Nc3ccccc3)cc2)n1.CC[C@H]1COC(=O)N1c1nc(C)nc(N[C@H](C)c2ccc(Nc3ccccc3)cc2)n1.Ic1ccccc1. The molecule has 1 unspecified atom stereocenters. The van der Waals surface area contributed by atoms with Gasteiger partial charge in [0.2, 0.25) is 35.0 Å². The highest BCUT2D eigenvalue weighted by molar-refractivity contribution is 14.1. The van der Waals surface area contributed by atoms with Crippen molar-refractivity contribution in [3.8, 4) is 0 Å². The van der Waals surface area contributed by atoms with Gasteiger partial charge in [0, 0.05) is 71.9 Å². The van der Waals surface area contributed by atoms with Crippen LogP contribution >= 0.6 is 34.2 Å². The van der Waals surface area contributed by atoms with Crippen LogP contribution < -0.4 is 58.1 Å². The second kappa shape index (κ2) is 48.3. The first kappa shape index (κ1) is 95.2. The number of nitrogens with two attached hydrogens (primary N) is 2. The molecule has 3 saturated heterocycles. The molecular formula is C97H106ClIN20O8. The van der Waals surface area contributed by atoms with Crippen molar-refractivity contribution in [3.63, 3.8) is 0 Å². The van der Waals surface area contributed by atoms with Crippen molar-refractivity contribution in [2.45, 2.75) is 132 Å². The Balaban J connectivity index is 0.000000162. The van der Waals surface area contributed by atoms with Crippen LogP contribution in [0.3, 0.4) is 0 Å². The smallest absolute Gasteiger partial charge is 0.417 e. The summed E-state index contributed by atoms with van der Waals surface area (Å²) in [4.78, 5) is 100. The molecule has 656 valence electrons. The zero-order valence-electron chi connectivity index (χ0n) is 72.7. The van der Waals surface area contributed by atoms with Crippen LogP contribution in [0.5, 0.6) is 0 Å². The number of hydrogen-bond donors (Lipinski definition) is 8. The van der Waals surface area contributed by atoms with Crippen LogP contribution in [0.2, 0.25) is 5.28 Å². The lowest BCUT2D eigenvalue weighted by Crippen LogP contribution is -2.34. The van der Waals surface area contributed by atoms with Gasteiger partial charge in [-0.15, -0.1) is 0 Å². The van der Waals surface area contributed by atoms with Crippen molar-refractivity contribution in [1.29, 1.82) is 0 Å². The fraction of sp³-hybridized carbons (Fsp3) is 0.237. The number of hydrogen-bond acceptors (Lipinski definition) is 25. The molecule has 10 aromatic carbocycles. The van der Waals surface area contributed by atoms with Crippen LogP contribution in [0.25, 0.3) is 0 Å². The Morgan fingerprint density at radius 3 is 0.929 bits per heavy atom. The molecule has 3 amide bonds. The highest BCUT2D eigenvalue weighted by Gasteiger charge is 2.38. The van der Waals surface area contributed by atoms with Crippen LogP contribution in [-0.2, 0) is 14.2 Å². The number of rotatable bonds is 23. The monoisotopic (exact) mass is 1840 g/mol. The molecule has 10 N–H and O–H groups in total. The van der Waals surface area contributed by atoms with E-state index in [-0.39, 0.29) is 59.0 Å². The van der Waals surface area contributed by atoms with E-state index >= 15 is 0 Å². The molecule has 3 aliphatic rings. The van der Waals surface area contributed by atoms with E-state index in [1.165, 1.54) is 25.2 Å². The number of amides is 3. The number of ketones is 2. The third-order valence-electron chi connectivity index (χ3n) is 19.7. The molecular weight excluding hydrogens is 1740 g/mol. The topological polar surface area (TPSA) is 363 Å². The van der Waals surface area contributed by atoms with E-state index in [1.54, 1.807) is 52.0 Å². The van der Waals surface area contributed by atoms with E-state index in [4.69, 9.17) is 37.3 Å². The van der Waals surface area contributed by atoms with Crippen LogP contribution in [0.4, 0.5) is 95.3 Å². The largest absolute Gasteiger partial charge is 0.447 e. The number of Topliss-reactive ketones (excluding diaryl/α,β-unsaturated/α-hetero) is 2. The van der Waals surface area contributed by atoms with Gasteiger partial charge in [-0.25, -0.2) is 34.1 Å². The summed E-state index contributed by atoms with van der Waals surface area (Å²) >= 11 is 8.01. The molecule has 16 rings (SSSR count). The van der Waals surface area contributed by atoms with Gasteiger partial charge in [0.15, 0.2) is 11.6 Å². The molecule has 0 aliphatic carbocycles. The fourth-order valence-electron chi connectivity index (χ4n) is 12.6. The Hall–Kier alpha value is -14.0. The number of para-hydroxylation sites is 4. The highest BCUT2D eigenvalue weighted by atomic mass is 127. The molecule has 6 heterocycles. The lowest BCUT2D eigenvalue weighted by Gasteiger charge is -2.20. The summed E-state index contributed by atoms with van der Waals surface area (Å²) in [7, 11) is 0. The van der Waals surface area contributed by atoms with Gasteiger partial charge in [-0.05, 0) is 271 Å². The van der Waals surface area contributed by atoms with Crippen molar-refractivity contribution in [2.75, 3.05) is 72.2 Å². The Labute approximate surface area is 759 Å². The lowest BCUT2D eigenvalue weighted by molar-refractivity contribution is 0.100. The Morgan fingerprint density at radius 1 is 0.386 bits per heavy atom. The summed E-state index contributed by atoms with van der Waals surface area (Å²) in [5.41, 5.74) is 25.0. The van der Waals surface area contributed by atoms with Crippen LogP contribution in [-0.4, -0.2) is 113 Å². The molecule has 3 fully saturated rings. The molecule has 0 spiro atoms. The summed E-state index contributed by atoms with van der Waals surface area (Å²) in [6.07, 6.45) is 1.02. The summed E-state index contributed by atoms with van der Waals surface area (Å²) < 4.78 is 16.6. The molecule has 6 atom stereocenters. The van der Waals surface area contributed by atoms with Crippen molar-refractivity contribution in [1.82, 2.24) is 44.9 Å². The van der Waals surface area contributed by atoms with Gasteiger partial charge in [-0.3, -0.25) is 9.59 Å². The van der Waals surface area contributed by atoms with Gasteiger partial charge in [-0.1, -0.05) is 148 Å². The number of carbonyl (C=O) groups excluding carboxylic acids is 5. The number of halogens is 2. The van der Waals surface area contributed by atoms with Gasteiger partial charge in [0.25, 0.3) is 0 Å². The number of nitrogens with one attached hydrogen (secondary N) is 6.